The lowest BCUT2D eigenvalue weighted by Crippen LogP contribution is -2.52. The van der Waals surface area contributed by atoms with E-state index >= 15 is 0 Å². The van der Waals surface area contributed by atoms with Gasteiger partial charge in [-0.15, -0.1) is 0 Å². The molecule has 0 saturated carbocycles. The normalized spacial score (nSPS) is 17.3. The molecular formula is C7H9NO3. The van der Waals surface area contributed by atoms with Gasteiger partial charge in [0.05, 0.1) is 5.92 Å². The van der Waals surface area contributed by atoms with Crippen LogP contribution in [-0.2, 0) is 9.59 Å². The average molecular weight is 155 g/mol. The van der Waals surface area contributed by atoms with E-state index in [1.54, 1.807) is 0 Å². The van der Waals surface area contributed by atoms with Crippen molar-refractivity contribution in [1.29, 1.82) is 0 Å². The minimum absolute atomic E-state index is 0.192. The Morgan fingerprint density at radius 1 is 1.55 bits per heavy atom. The Kier molecular flexibility index (Phi) is 1.94. The van der Waals surface area contributed by atoms with Crippen molar-refractivity contribution in [2.75, 3.05) is 13.1 Å². The predicted octanol–water partition coefficient (Wildman–Crippen LogP) is -0.285. The fourth-order valence-electron chi connectivity index (χ4n) is 0.944. The highest BCUT2D eigenvalue weighted by Crippen LogP contribution is 2.15. The summed E-state index contributed by atoms with van der Waals surface area (Å²) in [7, 11) is 0. The van der Waals surface area contributed by atoms with Gasteiger partial charge in [-0.3, -0.25) is 9.59 Å². The monoisotopic (exact) mass is 155 g/mol. The number of hydrogen-bond donors (Lipinski definition) is 1. The molecule has 4 nitrogen and oxygen atoms in total. The van der Waals surface area contributed by atoms with Crippen LogP contribution in [0.1, 0.15) is 0 Å². The molecule has 1 aliphatic heterocycles. The van der Waals surface area contributed by atoms with Gasteiger partial charge < -0.3 is 10.0 Å². The van der Waals surface area contributed by atoms with Crippen LogP contribution in [0.4, 0.5) is 0 Å². The number of amides is 1. The topological polar surface area (TPSA) is 57.6 Å². The second kappa shape index (κ2) is 2.74. The first-order valence-electron chi connectivity index (χ1n) is 3.29. The number of nitrogens with zero attached hydrogens (tertiary/aromatic N) is 1. The van der Waals surface area contributed by atoms with Gasteiger partial charge in [-0.1, -0.05) is 6.58 Å². The van der Waals surface area contributed by atoms with Crippen molar-refractivity contribution in [3.05, 3.63) is 12.7 Å². The molecular weight excluding hydrogens is 146 g/mol. The zero-order valence-electron chi connectivity index (χ0n) is 5.99. The third-order valence-electron chi connectivity index (χ3n) is 1.72. The number of carbonyl (C=O) groups is 2. The van der Waals surface area contributed by atoms with Gasteiger partial charge in [-0.2, -0.15) is 0 Å². The summed E-state index contributed by atoms with van der Waals surface area (Å²) in [4.78, 5) is 22.5. The number of carboxylic acid groups (broad SMARTS) is 1. The van der Waals surface area contributed by atoms with Gasteiger partial charge in [0, 0.05) is 13.1 Å². The fourth-order valence-corrected chi connectivity index (χ4v) is 0.944. The molecule has 1 N–H and O–H groups in total. The van der Waals surface area contributed by atoms with Crippen LogP contribution in [-0.4, -0.2) is 35.0 Å². The zero-order chi connectivity index (χ0) is 8.43. The largest absolute Gasteiger partial charge is 0.481 e. The van der Waals surface area contributed by atoms with Crippen LogP contribution < -0.4 is 0 Å². The highest BCUT2D eigenvalue weighted by Gasteiger charge is 2.34. The summed E-state index contributed by atoms with van der Waals surface area (Å²) in [5, 5.41) is 8.44. The van der Waals surface area contributed by atoms with Crippen molar-refractivity contribution in [2.24, 2.45) is 5.92 Å². The lowest BCUT2D eigenvalue weighted by molar-refractivity contribution is -0.151. The Labute approximate surface area is 64.1 Å². The van der Waals surface area contributed by atoms with E-state index in [2.05, 4.69) is 6.58 Å². The lowest BCUT2D eigenvalue weighted by atomic mass is 10.0. The molecule has 1 amide bonds. The Morgan fingerprint density at radius 2 is 2.09 bits per heavy atom. The Morgan fingerprint density at radius 3 is 2.45 bits per heavy atom. The molecule has 0 atom stereocenters. The van der Waals surface area contributed by atoms with Crippen LogP contribution in [0.25, 0.3) is 0 Å². The molecule has 1 saturated heterocycles. The van der Waals surface area contributed by atoms with Crippen LogP contribution >= 0.6 is 0 Å². The molecule has 1 aliphatic rings. The molecule has 4 heteroatoms. The first-order valence-corrected chi connectivity index (χ1v) is 3.29. The van der Waals surface area contributed by atoms with Gasteiger partial charge in [-0.25, -0.2) is 0 Å². The average Bonchev–Trinajstić information content (AvgIpc) is 1.83. The summed E-state index contributed by atoms with van der Waals surface area (Å²) in [6.07, 6.45) is 1.19. The smallest absolute Gasteiger partial charge is 0.310 e. The van der Waals surface area contributed by atoms with Gasteiger partial charge in [-0.05, 0) is 6.08 Å². The zero-order valence-corrected chi connectivity index (χ0v) is 5.99. The molecule has 0 unspecified atom stereocenters. The molecule has 11 heavy (non-hydrogen) atoms. The van der Waals surface area contributed by atoms with E-state index in [9.17, 15) is 9.59 Å². The van der Waals surface area contributed by atoms with Crippen molar-refractivity contribution in [3.63, 3.8) is 0 Å². The van der Waals surface area contributed by atoms with Gasteiger partial charge >= 0.3 is 5.97 Å². The molecule has 1 fully saturated rings. The molecule has 0 aromatic carbocycles. The summed E-state index contributed by atoms with van der Waals surface area (Å²) in [5.74, 6) is -1.40. The van der Waals surface area contributed by atoms with Crippen LogP contribution in [0.15, 0.2) is 12.7 Å². The molecule has 0 aliphatic carbocycles. The highest BCUT2D eigenvalue weighted by atomic mass is 16.4. The quantitative estimate of drug-likeness (QED) is 0.558. The van der Waals surface area contributed by atoms with E-state index in [1.807, 2.05) is 0 Å². The SMILES string of the molecule is C=CC(=O)N1CC(C(=O)O)C1. The van der Waals surface area contributed by atoms with Crippen molar-refractivity contribution in [3.8, 4) is 0 Å². The van der Waals surface area contributed by atoms with E-state index in [0.717, 1.165) is 0 Å². The van der Waals surface area contributed by atoms with Gasteiger partial charge in [0.1, 0.15) is 0 Å². The number of hydrogen-bond acceptors (Lipinski definition) is 2. The molecule has 1 heterocycles. The maximum atomic E-state index is 10.8. The minimum atomic E-state index is -0.835. The molecule has 0 aromatic rings. The second-order valence-corrected chi connectivity index (χ2v) is 2.48. The molecule has 0 bridgehead atoms. The van der Waals surface area contributed by atoms with Crippen LogP contribution in [0, 0.1) is 5.92 Å². The van der Waals surface area contributed by atoms with Crippen LogP contribution in [0.5, 0.6) is 0 Å². The first-order chi connectivity index (χ1) is 5.15. The predicted molar refractivity (Wildman–Crippen MR) is 37.9 cm³/mol. The van der Waals surface area contributed by atoms with Crippen molar-refractivity contribution in [1.82, 2.24) is 4.90 Å². The molecule has 0 aromatic heterocycles. The third kappa shape index (κ3) is 1.39. The second-order valence-electron chi connectivity index (χ2n) is 2.48. The molecule has 1 rings (SSSR count). The Hall–Kier alpha value is -1.32. The third-order valence-corrected chi connectivity index (χ3v) is 1.72. The maximum absolute atomic E-state index is 10.8. The van der Waals surface area contributed by atoms with E-state index in [1.165, 1.54) is 11.0 Å². The summed E-state index contributed by atoms with van der Waals surface area (Å²) in [6, 6.07) is 0. The highest BCUT2D eigenvalue weighted by molar-refractivity contribution is 5.89. The van der Waals surface area contributed by atoms with E-state index in [0.29, 0.717) is 13.1 Å². The van der Waals surface area contributed by atoms with Crippen molar-refractivity contribution >= 4 is 11.9 Å². The standard InChI is InChI=1S/C7H9NO3/c1-2-6(9)8-3-5(4-8)7(10)11/h2,5H,1,3-4H2,(H,10,11). The van der Waals surface area contributed by atoms with Gasteiger partial charge in [0.25, 0.3) is 0 Å². The summed E-state index contributed by atoms with van der Waals surface area (Å²) in [6.45, 7) is 3.93. The Bertz CT molecular complexity index is 206. The number of aliphatic carboxylic acids is 1. The van der Waals surface area contributed by atoms with Crippen LogP contribution in [0.3, 0.4) is 0 Å². The molecule has 0 spiro atoms. The molecule has 0 radical (unpaired) electrons. The molecule has 60 valence electrons. The fraction of sp³-hybridized carbons (Fsp3) is 0.429. The number of carbonyl (C=O) groups excluding carboxylic acids is 1. The van der Waals surface area contributed by atoms with Crippen LogP contribution in [0.2, 0.25) is 0 Å². The van der Waals surface area contributed by atoms with Crippen molar-refractivity contribution < 1.29 is 14.7 Å². The van der Waals surface area contributed by atoms with E-state index < -0.39 is 5.97 Å². The Balaban J connectivity index is 2.35. The van der Waals surface area contributed by atoms with E-state index in [4.69, 9.17) is 5.11 Å². The van der Waals surface area contributed by atoms with Crippen molar-refractivity contribution in [2.45, 2.75) is 0 Å². The number of likely N-dealkylation sites (tertiary alicyclic amines) is 1. The lowest BCUT2D eigenvalue weighted by Gasteiger charge is -2.35. The summed E-state index contributed by atoms with van der Waals surface area (Å²) >= 11 is 0. The van der Waals surface area contributed by atoms with Gasteiger partial charge in [0.2, 0.25) is 5.91 Å². The van der Waals surface area contributed by atoms with Gasteiger partial charge in [0.15, 0.2) is 0 Å². The maximum Gasteiger partial charge on any atom is 0.310 e. The number of rotatable bonds is 2. The first kappa shape index (κ1) is 7.78. The summed E-state index contributed by atoms with van der Waals surface area (Å²) in [5.41, 5.74) is 0. The minimum Gasteiger partial charge on any atom is -0.481 e. The number of carboxylic acids is 1. The summed E-state index contributed by atoms with van der Waals surface area (Å²) < 4.78 is 0. The van der Waals surface area contributed by atoms with E-state index in [-0.39, 0.29) is 11.8 Å².